The van der Waals surface area contributed by atoms with Crippen molar-refractivity contribution >= 4 is 5.82 Å². The zero-order chi connectivity index (χ0) is 13.4. The molecule has 4 unspecified atom stereocenters. The molecule has 7 nitrogen and oxygen atoms in total. The number of hydrogen-bond donors (Lipinski definition) is 3. The standard InChI is InChI=1S/C9H11F2N3O4/c10-3-1-14(9(17)13-7(3)12)8-6(16)5(11)4(2-15)18-8/h1,4-6,8,15-16H,2H2,(H2,12,13,17). The molecule has 0 bridgehead atoms. The van der Waals surface area contributed by atoms with Crippen molar-refractivity contribution in [2.75, 3.05) is 12.3 Å². The number of hydrogen-bond acceptors (Lipinski definition) is 6. The Morgan fingerprint density at radius 3 is 2.83 bits per heavy atom. The van der Waals surface area contributed by atoms with Gasteiger partial charge in [-0.05, 0) is 0 Å². The van der Waals surface area contributed by atoms with E-state index in [1.165, 1.54) is 0 Å². The van der Waals surface area contributed by atoms with Gasteiger partial charge in [0.15, 0.2) is 24.0 Å². The molecule has 1 aliphatic heterocycles. The highest BCUT2D eigenvalue weighted by Gasteiger charge is 2.45. The Morgan fingerprint density at radius 1 is 1.61 bits per heavy atom. The summed E-state index contributed by atoms with van der Waals surface area (Å²) in [6.45, 7) is -0.672. The van der Waals surface area contributed by atoms with Gasteiger partial charge in [-0.3, -0.25) is 4.57 Å². The van der Waals surface area contributed by atoms with Gasteiger partial charge in [-0.1, -0.05) is 0 Å². The molecule has 2 heterocycles. The Balaban J connectivity index is 2.39. The first-order valence-corrected chi connectivity index (χ1v) is 5.08. The molecule has 1 aromatic heterocycles. The van der Waals surface area contributed by atoms with Gasteiger partial charge >= 0.3 is 5.69 Å². The summed E-state index contributed by atoms with van der Waals surface area (Å²) in [6, 6.07) is 0. The average Bonchev–Trinajstić information content (AvgIpc) is 2.61. The molecular formula is C9H11F2N3O4. The molecule has 9 heteroatoms. The van der Waals surface area contributed by atoms with Crippen LogP contribution in [-0.4, -0.2) is 44.8 Å². The number of halogens is 2. The normalized spacial score (nSPS) is 31.8. The van der Waals surface area contributed by atoms with E-state index >= 15 is 0 Å². The first-order valence-electron chi connectivity index (χ1n) is 5.08. The molecule has 1 fully saturated rings. The van der Waals surface area contributed by atoms with E-state index < -0.39 is 48.5 Å². The fraction of sp³-hybridized carbons (Fsp3) is 0.556. The van der Waals surface area contributed by atoms with Crippen LogP contribution in [0.3, 0.4) is 0 Å². The van der Waals surface area contributed by atoms with Crippen LogP contribution in [0.5, 0.6) is 0 Å². The number of aromatic nitrogens is 2. The average molecular weight is 263 g/mol. The van der Waals surface area contributed by atoms with E-state index in [4.69, 9.17) is 15.6 Å². The molecule has 0 aromatic carbocycles. The van der Waals surface area contributed by atoms with E-state index in [1.54, 1.807) is 0 Å². The zero-order valence-electron chi connectivity index (χ0n) is 9.03. The summed E-state index contributed by atoms with van der Waals surface area (Å²) in [5.41, 5.74) is 4.10. The Kier molecular flexibility index (Phi) is 3.28. The third-order valence-electron chi connectivity index (χ3n) is 2.68. The molecule has 4 N–H and O–H groups in total. The quantitative estimate of drug-likeness (QED) is 0.602. The number of aliphatic hydroxyl groups excluding tert-OH is 2. The van der Waals surface area contributed by atoms with Gasteiger partial charge in [-0.15, -0.1) is 0 Å². The van der Waals surface area contributed by atoms with Crippen LogP contribution in [0, 0.1) is 5.82 Å². The number of nitrogen functional groups attached to an aromatic ring is 1. The van der Waals surface area contributed by atoms with Gasteiger partial charge in [0.2, 0.25) is 0 Å². The second-order valence-electron chi connectivity index (χ2n) is 3.85. The number of nitrogens with two attached hydrogens (primary N) is 1. The Bertz CT molecular complexity index is 509. The molecule has 0 aliphatic carbocycles. The maximum Gasteiger partial charge on any atom is 0.351 e. The van der Waals surface area contributed by atoms with Gasteiger partial charge < -0.3 is 20.7 Å². The van der Waals surface area contributed by atoms with Crippen LogP contribution in [-0.2, 0) is 4.74 Å². The minimum Gasteiger partial charge on any atom is -0.394 e. The number of aliphatic hydroxyl groups is 2. The lowest BCUT2D eigenvalue weighted by Crippen LogP contribution is -2.34. The maximum absolute atomic E-state index is 13.4. The van der Waals surface area contributed by atoms with Gasteiger partial charge in [0.25, 0.3) is 0 Å². The molecule has 0 spiro atoms. The van der Waals surface area contributed by atoms with Gasteiger partial charge in [-0.25, -0.2) is 13.6 Å². The molecule has 1 saturated heterocycles. The molecule has 100 valence electrons. The number of anilines is 1. The molecule has 1 aromatic rings. The highest BCUT2D eigenvalue weighted by molar-refractivity contribution is 5.26. The summed E-state index contributed by atoms with van der Waals surface area (Å²) in [7, 11) is 0. The minimum atomic E-state index is -1.88. The Hall–Kier alpha value is -1.58. The van der Waals surface area contributed by atoms with Gasteiger partial charge in [0.1, 0.15) is 12.2 Å². The lowest BCUT2D eigenvalue weighted by molar-refractivity contribution is -0.0541. The van der Waals surface area contributed by atoms with Crippen LogP contribution in [0.15, 0.2) is 11.0 Å². The van der Waals surface area contributed by atoms with Crippen molar-refractivity contribution in [3.05, 3.63) is 22.5 Å². The summed E-state index contributed by atoms with van der Waals surface area (Å²) >= 11 is 0. The lowest BCUT2D eigenvalue weighted by Gasteiger charge is -2.16. The van der Waals surface area contributed by atoms with E-state index in [0.29, 0.717) is 10.8 Å². The summed E-state index contributed by atoms with van der Waals surface area (Å²) in [5, 5.41) is 18.4. The summed E-state index contributed by atoms with van der Waals surface area (Å²) in [6.07, 6.45) is -5.65. The smallest absolute Gasteiger partial charge is 0.351 e. The third kappa shape index (κ3) is 1.96. The Labute approximate surface area is 99.4 Å². The maximum atomic E-state index is 13.4. The second-order valence-corrected chi connectivity index (χ2v) is 3.85. The fourth-order valence-electron chi connectivity index (χ4n) is 1.73. The van der Waals surface area contributed by atoms with Gasteiger partial charge in [-0.2, -0.15) is 4.98 Å². The summed E-state index contributed by atoms with van der Waals surface area (Å²) < 4.78 is 32.2. The monoisotopic (exact) mass is 263 g/mol. The van der Waals surface area contributed by atoms with E-state index in [9.17, 15) is 18.7 Å². The topological polar surface area (TPSA) is 111 Å². The molecule has 2 rings (SSSR count). The number of ether oxygens (including phenoxy) is 1. The van der Waals surface area contributed by atoms with E-state index in [1.807, 2.05) is 0 Å². The van der Waals surface area contributed by atoms with Crippen molar-refractivity contribution in [3.8, 4) is 0 Å². The highest BCUT2D eigenvalue weighted by Crippen LogP contribution is 2.30. The van der Waals surface area contributed by atoms with E-state index in [0.717, 1.165) is 0 Å². The predicted octanol–water partition coefficient (Wildman–Crippen LogP) is -1.45. The van der Waals surface area contributed by atoms with Crippen molar-refractivity contribution in [2.24, 2.45) is 0 Å². The van der Waals surface area contributed by atoms with Crippen LogP contribution in [0.1, 0.15) is 6.23 Å². The van der Waals surface area contributed by atoms with Crippen molar-refractivity contribution in [2.45, 2.75) is 24.6 Å². The van der Waals surface area contributed by atoms with Gasteiger partial charge in [0, 0.05) is 0 Å². The van der Waals surface area contributed by atoms with Crippen LogP contribution < -0.4 is 11.4 Å². The highest BCUT2D eigenvalue weighted by atomic mass is 19.1. The zero-order valence-corrected chi connectivity index (χ0v) is 9.03. The number of rotatable bonds is 2. The molecule has 0 saturated carbocycles. The summed E-state index contributed by atoms with van der Waals surface area (Å²) in [4.78, 5) is 14.6. The molecule has 4 atom stereocenters. The molecule has 18 heavy (non-hydrogen) atoms. The second kappa shape index (κ2) is 4.59. The summed E-state index contributed by atoms with van der Waals surface area (Å²) in [5.74, 6) is -1.59. The fourth-order valence-corrected chi connectivity index (χ4v) is 1.73. The predicted molar refractivity (Wildman–Crippen MR) is 54.8 cm³/mol. The first kappa shape index (κ1) is 12.9. The largest absolute Gasteiger partial charge is 0.394 e. The van der Waals surface area contributed by atoms with Crippen LogP contribution in [0.2, 0.25) is 0 Å². The number of alkyl halides is 1. The lowest BCUT2D eigenvalue weighted by atomic mass is 10.1. The van der Waals surface area contributed by atoms with Crippen LogP contribution in [0.25, 0.3) is 0 Å². The SMILES string of the molecule is Nc1nc(=O)n(C2OC(CO)C(F)C2O)cc1F. The van der Waals surface area contributed by atoms with Crippen LogP contribution >= 0.6 is 0 Å². The molecular weight excluding hydrogens is 252 g/mol. The van der Waals surface area contributed by atoms with Crippen molar-refractivity contribution in [3.63, 3.8) is 0 Å². The first-order chi connectivity index (χ1) is 8.45. The van der Waals surface area contributed by atoms with E-state index in [-0.39, 0.29) is 0 Å². The van der Waals surface area contributed by atoms with E-state index in [2.05, 4.69) is 4.98 Å². The van der Waals surface area contributed by atoms with Gasteiger partial charge in [0.05, 0.1) is 12.8 Å². The number of nitrogens with zero attached hydrogens (tertiary/aromatic N) is 2. The van der Waals surface area contributed by atoms with Crippen molar-refractivity contribution in [1.29, 1.82) is 0 Å². The van der Waals surface area contributed by atoms with Crippen molar-refractivity contribution in [1.82, 2.24) is 9.55 Å². The van der Waals surface area contributed by atoms with Crippen molar-refractivity contribution < 1.29 is 23.7 Å². The third-order valence-corrected chi connectivity index (χ3v) is 2.68. The molecule has 0 radical (unpaired) electrons. The minimum absolute atomic E-state index is 0.596. The van der Waals surface area contributed by atoms with Crippen LogP contribution in [0.4, 0.5) is 14.6 Å². The molecule has 0 amide bonds. The molecule has 1 aliphatic rings. The Morgan fingerprint density at radius 2 is 2.28 bits per heavy atom.